The number of halogens is 1. The topological polar surface area (TPSA) is 32.3 Å². The minimum atomic E-state index is 0. The highest BCUT2D eigenvalue weighted by Gasteiger charge is 2.19. The van der Waals surface area contributed by atoms with Crippen LogP contribution in [0.4, 0.5) is 0 Å². The smallest absolute Gasteiger partial charge is 0.224 e. The van der Waals surface area contributed by atoms with Crippen molar-refractivity contribution in [3.05, 3.63) is 35.4 Å². The summed E-state index contributed by atoms with van der Waals surface area (Å²) in [5.74, 6) is 0.231. The summed E-state index contributed by atoms with van der Waals surface area (Å²) in [6, 6.07) is 8.75. The van der Waals surface area contributed by atoms with Gasteiger partial charge in [-0.15, -0.1) is 12.4 Å². The number of hydrogen-bond donors (Lipinski definition) is 1. The zero-order valence-electron chi connectivity index (χ0n) is 11.7. The van der Waals surface area contributed by atoms with Crippen LogP contribution in [0.15, 0.2) is 24.3 Å². The fourth-order valence-electron chi connectivity index (χ4n) is 2.35. The SMILES string of the molecule is Cc1ccc(CN(C)C(=O)CC2CCCN2)cc1.Cl. The largest absolute Gasteiger partial charge is 0.341 e. The summed E-state index contributed by atoms with van der Waals surface area (Å²) >= 11 is 0. The Kier molecular flexibility index (Phi) is 6.32. The second-order valence-corrected chi connectivity index (χ2v) is 5.23. The monoisotopic (exact) mass is 282 g/mol. The highest BCUT2D eigenvalue weighted by Crippen LogP contribution is 2.12. The van der Waals surface area contributed by atoms with Crippen LogP contribution in [0.1, 0.15) is 30.4 Å². The van der Waals surface area contributed by atoms with Crippen LogP contribution in [0.3, 0.4) is 0 Å². The van der Waals surface area contributed by atoms with E-state index in [1.165, 1.54) is 17.5 Å². The Balaban J connectivity index is 0.00000180. The molecule has 1 aromatic rings. The molecule has 1 saturated heterocycles. The van der Waals surface area contributed by atoms with E-state index >= 15 is 0 Å². The maximum atomic E-state index is 12.1. The van der Waals surface area contributed by atoms with Crippen LogP contribution < -0.4 is 5.32 Å². The molecule has 1 fully saturated rings. The van der Waals surface area contributed by atoms with Crippen LogP contribution in [0.5, 0.6) is 0 Å². The molecule has 0 radical (unpaired) electrons. The van der Waals surface area contributed by atoms with E-state index < -0.39 is 0 Å². The van der Waals surface area contributed by atoms with Gasteiger partial charge in [-0.3, -0.25) is 4.79 Å². The van der Waals surface area contributed by atoms with Gasteiger partial charge in [0.25, 0.3) is 0 Å². The zero-order chi connectivity index (χ0) is 13.0. The van der Waals surface area contributed by atoms with Crippen LogP contribution in [0, 0.1) is 6.92 Å². The van der Waals surface area contributed by atoms with Crippen LogP contribution in [0.25, 0.3) is 0 Å². The van der Waals surface area contributed by atoms with Crippen molar-refractivity contribution in [1.82, 2.24) is 10.2 Å². The van der Waals surface area contributed by atoms with E-state index in [0.717, 1.165) is 13.0 Å². The van der Waals surface area contributed by atoms with Gasteiger partial charge in [-0.2, -0.15) is 0 Å². The predicted octanol–water partition coefficient (Wildman–Crippen LogP) is 2.52. The van der Waals surface area contributed by atoms with E-state index in [4.69, 9.17) is 0 Å². The molecule has 3 nitrogen and oxygen atoms in total. The number of carbonyl (C=O) groups is 1. The fraction of sp³-hybridized carbons (Fsp3) is 0.533. The Hall–Kier alpha value is -1.06. The minimum absolute atomic E-state index is 0. The van der Waals surface area contributed by atoms with Gasteiger partial charge in [0.05, 0.1) is 0 Å². The molecule has 1 amide bonds. The van der Waals surface area contributed by atoms with Crippen LogP contribution in [-0.4, -0.2) is 30.4 Å². The van der Waals surface area contributed by atoms with E-state index in [2.05, 4.69) is 36.5 Å². The molecule has 0 aromatic heterocycles. The molecule has 106 valence electrons. The molecule has 1 aromatic carbocycles. The van der Waals surface area contributed by atoms with Gasteiger partial charge in [0.2, 0.25) is 5.91 Å². The number of aryl methyl sites for hydroxylation is 1. The van der Waals surface area contributed by atoms with Crippen molar-refractivity contribution in [2.24, 2.45) is 0 Å². The third-order valence-corrected chi connectivity index (χ3v) is 3.55. The van der Waals surface area contributed by atoms with E-state index in [1.807, 2.05) is 11.9 Å². The molecular weight excluding hydrogens is 260 g/mol. The van der Waals surface area contributed by atoms with Crippen LogP contribution >= 0.6 is 12.4 Å². The summed E-state index contributed by atoms with van der Waals surface area (Å²) in [5.41, 5.74) is 2.44. The summed E-state index contributed by atoms with van der Waals surface area (Å²) < 4.78 is 0. The van der Waals surface area contributed by atoms with Crippen molar-refractivity contribution in [3.8, 4) is 0 Å². The van der Waals surface area contributed by atoms with Gasteiger partial charge in [0, 0.05) is 26.1 Å². The molecule has 0 saturated carbocycles. The van der Waals surface area contributed by atoms with E-state index in [0.29, 0.717) is 19.0 Å². The number of hydrogen-bond acceptors (Lipinski definition) is 2. The summed E-state index contributed by atoms with van der Waals surface area (Å²) in [5, 5.41) is 3.37. The number of benzene rings is 1. The van der Waals surface area contributed by atoms with Gasteiger partial charge in [-0.05, 0) is 31.9 Å². The molecule has 19 heavy (non-hydrogen) atoms. The van der Waals surface area contributed by atoms with Crippen molar-refractivity contribution in [3.63, 3.8) is 0 Å². The maximum Gasteiger partial charge on any atom is 0.224 e. The zero-order valence-corrected chi connectivity index (χ0v) is 12.5. The van der Waals surface area contributed by atoms with Gasteiger partial charge >= 0.3 is 0 Å². The molecule has 2 rings (SSSR count). The number of carbonyl (C=O) groups excluding carboxylic acids is 1. The van der Waals surface area contributed by atoms with Gasteiger partial charge in [-0.25, -0.2) is 0 Å². The predicted molar refractivity (Wildman–Crippen MR) is 80.5 cm³/mol. The molecule has 1 atom stereocenters. The Bertz CT molecular complexity index is 399. The third kappa shape index (κ3) is 4.84. The molecular formula is C15H23ClN2O. The fourth-order valence-corrected chi connectivity index (χ4v) is 2.35. The lowest BCUT2D eigenvalue weighted by molar-refractivity contribution is -0.130. The van der Waals surface area contributed by atoms with Crippen molar-refractivity contribution in [1.29, 1.82) is 0 Å². The summed E-state index contributed by atoms with van der Waals surface area (Å²) in [6.07, 6.45) is 2.95. The Morgan fingerprint density at radius 1 is 1.37 bits per heavy atom. The van der Waals surface area contributed by atoms with Crippen LogP contribution in [0.2, 0.25) is 0 Å². The minimum Gasteiger partial charge on any atom is -0.341 e. The Morgan fingerprint density at radius 3 is 2.63 bits per heavy atom. The van der Waals surface area contributed by atoms with Gasteiger partial charge < -0.3 is 10.2 Å². The summed E-state index contributed by atoms with van der Waals surface area (Å²) in [6.45, 7) is 3.83. The van der Waals surface area contributed by atoms with Gasteiger partial charge in [0.15, 0.2) is 0 Å². The molecule has 1 aliphatic heterocycles. The average Bonchev–Trinajstić information content (AvgIpc) is 2.85. The van der Waals surface area contributed by atoms with E-state index in [1.54, 1.807) is 0 Å². The molecule has 1 unspecified atom stereocenters. The lowest BCUT2D eigenvalue weighted by Crippen LogP contribution is -2.33. The third-order valence-electron chi connectivity index (χ3n) is 3.55. The Labute approximate surface area is 121 Å². The van der Waals surface area contributed by atoms with Crippen molar-refractivity contribution in [2.45, 2.75) is 38.8 Å². The van der Waals surface area contributed by atoms with Crippen molar-refractivity contribution < 1.29 is 4.79 Å². The molecule has 4 heteroatoms. The lowest BCUT2D eigenvalue weighted by atomic mass is 10.1. The average molecular weight is 283 g/mol. The first-order valence-electron chi connectivity index (χ1n) is 6.68. The molecule has 1 heterocycles. The number of nitrogens with one attached hydrogen (secondary N) is 1. The van der Waals surface area contributed by atoms with Crippen molar-refractivity contribution in [2.75, 3.05) is 13.6 Å². The highest BCUT2D eigenvalue weighted by molar-refractivity contribution is 5.85. The first kappa shape index (κ1) is 16.0. The molecule has 1 aliphatic rings. The first-order valence-corrected chi connectivity index (χ1v) is 6.68. The maximum absolute atomic E-state index is 12.1. The van der Waals surface area contributed by atoms with Gasteiger partial charge in [-0.1, -0.05) is 29.8 Å². The van der Waals surface area contributed by atoms with E-state index in [9.17, 15) is 4.79 Å². The molecule has 1 N–H and O–H groups in total. The molecule has 0 aliphatic carbocycles. The van der Waals surface area contributed by atoms with Gasteiger partial charge in [0.1, 0.15) is 0 Å². The van der Waals surface area contributed by atoms with E-state index in [-0.39, 0.29) is 18.3 Å². The highest BCUT2D eigenvalue weighted by atomic mass is 35.5. The van der Waals surface area contributed by atoms with Crippen molar-refractivity contribution >= 4 is 18.3 Å². The Morgan fingerprint density at radius 2 is 2.05 bits per heavy atom. The summed E-state index contributed by atoms with van der Waals surface area (Å²) in [4.78, 5) is 13.9. The second kappa shape index (κ2) is 7.51. The number of amides is 1. The molecule has 0 bridgehead atoms. The normalized spacial score (nSPS) is 17.9. The first-order chi connectivity index (χ1) is 8.65. The lowest BCUT2D eigenvalue weighted by Gasteiger charge is -2.19. The summed E-state index contributed by atoms with van der Waals surface area (Å²) in [7, 11) is 1.89. The quantitative estimate of drug-likeness (QED) is 0.920. The number of rotatable bonds is 4. The molecule has 0 spiro atoms. The number of nitrogens with zero attached hydrogens (tertiary/aromatic N) is 1. The van der Waals surface area contributed by atoms with Crippen LogP contribution in [-0.2, 0) is 11.3 Å². The second-order valence-electron chi connectivity index (χ2n) is 5.23. The standard InChI is InChI=1S/C15H22N2O.ClH/c1-12-5-7-13(8-6-12)11-17(2)15(18)10-14-4-3-9-16-14;/h5-8,14,16H,3-4,9-11H2,1-2H3;1H.